The SMILES string of the molecule is CC[C@@H](C)NC(=O)[C@H](C)N(Cc1ccccc1)C(=O)CSCc1ccc(F)cc1. The van der Waals surface area contributed by atoms with Crippen LogP contribution in [-0.4, -0.2) is 34.6 Å². The molecular formula is C23H29FN2O2S. The molecule has 2 aromatic carbocycles. The normalized spacial score (nSPS) is 12.8. The van der Waals surface area contributed by atoms with Crippen molar-refractivity contribution in [3.05, 3.63) is 71.5 Å². The van der Waals surface area contributed by atoms with E-state index in [-0.39, 0.29) is 29.4 Å². The second-order valence-electron chi connectivity index (χ2n) is 7.12. The van der Waals surface area contributed by atoms with Gasteiger partial charge >= 0.3 is 0 Å². The van der Waals surface area contributed by atoms with Crippen molar-refractivity contribution in [3.8, 4) is 0 Å². The number of hydrogen-bond acceptors (Lipinski definition) is 3. The summed E-state index contributed by atoms with van der Waals surface area (Å²) in [6.45, 7) is 6.11. The molecule has 0 heterocycles. The molecule has 2 amide bonds. The smallest absolute Gasteiger partial charge is 0.242 e. The third-order valence-electron chi connectivity index (χ3n) is 4.77. The summed E-state index contributed by atoms with van der Waals surface area (Å²) in [7, 11) is 0. The van der Waals surface area contributed by atoms with Gasteiger partial charge in [-0.15, -0.1) is 11.8 Å². The molecule has 1 N–H and O–H groups in total. The highest BCUT2D eigenvalue weighted by atomic mass is 32.2. The van der Waals surface area contributed by atoms with E-state index >= 15 is 0 Å². The quantitative estimate of drug-likeness (QED) is 0.625. The lowest BCUT2D eigenvalue weighted by Crippen LogP contribution is -2.50. The van der Waals surface area contributed by atoms with E-state index in [1.165, 1.54) is 23.9 Å². The molecule has 6 heteroatoms. The third-order valence-corrected chi connectivity index (χ3v) is 5.76. The number of thioether (sulfide) groups is 1. The van der Waals surface area contributed by atoms with Gasteiger partial charge in [0.25, 0.3) is 0 Å². The van der Waals surface area contributed by atoms with E-state index in [2.05, 4.69) is 5.32 Å². The second kappa shape index (κ2) is 11.6. The Morgan fingerprint density at radius 2 is 1.69 bits per heavy atom. The van der Waals surface area contributed by atoms with Gasteiger partial charge in [-0.2, -0.15) is 0 Å². The first kappa shape index (κ1) is 22.9. The molecule has 0 bridgehead atoms. The monoisotopic (exact) mass is 416 g/mol. The molecule has 2 atom stereocenters. The standard InChI is InChI=1S/C23H29FN2O2S/c1-4-17(2)25-23(28)18(3)26(14-19-8-6-5-7-9-19)22(27)16-29-15-20-10-12-21(24)13-11-20/h5-13,17-18H,4,14-16H2,1-3H3,(H,25,28)/t17-,18+/m1/s1. The average Bonchev–Trinajstić information content (AvgIpc) is 2.73. The van der Waals surface area contributed by atoms with Gasteiger partial charge in [0, 0.05) is 18.3 Å². The van der Waals surface area contributed by atoms with Gasteiger partial charge in [-0.3, -0.25) is 9.59 Å². The number of rotatable bonds is 10. The van der Waals surface area contributed by atoms with Gasteiger partial charge in [-0.25, -0.2) is 4.39 Å². The van der Waals surface area contributed by atoms with E-state index < -0.39 is 6.04 Å². The molecular weight excluding hydrogens is 387 g/mol. The summed E-state index contributed by atoms with van der Waals surface area (Å²) in [5.74, 6) is 0.356. The molecule has 0 spiro atoms. The summed E-state index contributed by atoms with van der Waals surface area (Å²) in [5.41, 5.74) is 1.94. The van der Waals surface area contributed by atoms with Crippen molar-refractivity contribution < 1.29 is 14.0 Å². The van der Waals surface area contributed by atoms with Crippen LogP contribution in [-0.2, 0) is 21.9 Å². The predicted molar refractivity (Wildman–Crippen MR) is 117 cm³/mol. The van der Waals surface area contributed by atoms with Crippen molar-refractivity contribution in [2.75, 3.05) is 5.75 Å². The van der Waals surface area contributed by atoms with Crippen LogP contribution in [0.5, 0.6) is 0 Å². The minimum Gasteiger partial charge on any atom is -0.352 e. The van der Waals surface area contributed by atoms with Crippen LogP contribution in [0.25, 0.3) is 0 Å². The highest BCUT2D eigenvalue weighted by Crippen LogP contribution is 2.16. The number of hydrogen-bond donors (Lipinski definition) is 1. The van der Waals surface area contributed by atoms with Crippen molar-refractivity contribution in [2.24, 2.45) is 0 Å². The van der Waals surface area contributed by atoms with E-state index in [4.69, 9.17) is 0 Å². The summed E-state index contributed by atoms with van der Waals surface area (Å²) in [4.78, 5) is 27.2. The first-order valence-corrected chi connectivity index (χ1v) is 11.0. The zero-order valence-corrected chi connectivity index (χ0v) is 18.0. The molecule has 0 aliphatic heterocycles. The number of nitrogens with zero attached hydrogens (tertiary/aromatic N) is 1. The lowest BCUT2D eigenvalue weighted by molar-refractivity contribution is -0.138. The number of benzene rings is 2. The Balaban J connectivity index is 2.03. The Bertz CT molecular complexity index is 783. The minimum absolute atomic E-state index is 0.0616. The van der Waals surface area contributed by atoms with Gasteiger partial charge in [0.15, 0.2) is 0 Å². The van der Waals surface area contributed by atoms with Crippen molar-refractivity contribution in [3.63, 3.8) is 0 Å². The van der Waals surface area contributed by atoms with Crippen LogP contribution in [0, 0.1) is 5.82 Å². The van der Waals surface area contributed by atoms with Crippen molar-refractivity contribution in [2.45, 2.75) is 51.6 Å². The maximum absolute atomic E-state index is 13.0. The van der Waals surface area contributed by atoms with Crippen LogP contribution < -0.4 is 5.32 Å². The topological polar surface area (TPSA) is 49.4 Å². The van der Waals surface area contributed by atoms with Crippen molar-refractivity contribution >= 4 is 23.6 Å². The fraction of sp³-hybridized carbons (Fsp3) is 0.391. The average molecular weight is 417 g/mol. The summed E-state index contributed by atoms with van der Waals surface area (Å²) < 4.78 is 13.0. The van der Waals surface area contributed by atoms with Crippen LogP contribution in [0.15, 0.2) is 54.6 Å². The molecule has 0 fully saturated rings. The first-order valence-electron chi connectivity index (χ1n) is 9.86. The summed E-state index contributed by atoms with van der Waals surface area (Å²) >= 11 is 1.46. The van der Waals surface area contributed by atoms with Gasteiger partial charge in [-0.05, 0) is 43.5 Å². The van der Waals surface area contributed by atoms with E-state index in [0.717, 1.165) is 17.5 Å². The Labute approximate surface area is 176 Å². The van der Waals surface area contributed by atoms with E-state index in [1.54, 1.807) is 24.0 Å². The zero-order valence-electron chi connectivity index (χ0n) is 17.2. The molecule has 2 aromatic rings. The van der Waals surface area contributed by atoms with E-state index in [0.29, 0.717) is 12.3 Å². The largest absolute Gasteiger partial charge is 0.352 e. The van der Waals surface area contributed by atoms with Gasteiger partial charge < -0.3 is 10.2 Å². The van der Waals surface area contributed by atoms with Gasteiger partial charge in [0.1, 0.15) is 11.9 Å². The molecule has 29 heavy (non-hydrogen) atoms. The van der Waals surface area contributed by atoms with Crippen LogP contribution in [0.3, 0.4) is 0 Å². The van der Waals surface area contributed by atoms with Gasteiger partial charge in [0.2, 0.25) is 11.8 Å². The molecule has 0 aliphatic rings. The highest BCUT2D eigenvalue weighted by molar-refractivity contribution is 7.99. The Kier molecular flexibility index (Phi) is 9.19. The molecule has 2 rings (SSSR count). The molecule has 0 aromatic heterocycles. The maximum Gasteiger partial charge on any atom is 0.242 e. The number of carbonyl (C=O) groups excluding carboxylic acids is 2. The molecule has 4 nitrogen and oxygen atoms in total. The molecule has 0 unspecified atom stereocenters. The Hall–Kier alpha value is -2.34. The molecule has 0 radical (unpaired) electrons. The summed E-state index contributed by atoms with van der Waals surface area (Å²) in [6, 6.07) is 15.4. The maximum atomic E-state index is 13.0. The van der Waals surface area contributed by atoms with Crippen LogP contribution in [0.4, 0.5) is 4.39 Å². The number of nitrogens with one attached hydrogen (secondary N) is 1. The molecule has 156 valence electrons. The third kappa shape index (κ3) is 7.54. The van der Waals surface area contributed by atoms with Gasteiger partial charge in [0.05, 0.1) is 5.75 Å². The Morgan fingerprint density at radius 1 is 1.03 bits per heavy atom. The lowest BCUT2D eigenvalue weighted by atomic mass is 10.1. The first-order chi connectivity index (χ1) is 13.9. The fourth-order valence-electron chi connectivity index (χ4n) is 2.75. The lowest BCUT2D eigenvalue weighted by Gasteiger charge is -2.29. The summed E-state index contributed by atoms with van der Waals surface area (Å²) in [6.07, 6.45) is 0.832. The fourth-order valence-corrected chi connectivity index (χ4v) is 3.62. The zero-order chi connectivity index (χ0) is 21.2. The molecule has 0 saturated carbocycles. The number of amides is 2. The molecule has 0 saturated heterocycles. The highest BCUT2D eigenvalue weighted by Gasteiger charge is 2.26. The summed E-state index contributed by atoms with van der Waals surface area (Å²) in [5, 5.41) is 2.96. The van der Waals surface area contributed by atoms with Crippen LogP contribution in [0.1, 0.15) is 38.3 Å². The number of halogens is 1. The van der Waals surface area contributed by atoms with Crippen LogP contribution in [0.2, 0.25) is 0 Å². The molecule has 0 aliphatic carbocycles. The van der Waals surface area contributed by atoms with Gasteiger partial charge in [-0.1, -0.05) is 49.4 Å². The van der Waals surface area contributed by atoms with Crippen molar-refractivity contribution in [1.82, 2.24) is 10.2 Å². The minimum atomic E-state index is -0.567. The van der Waals surface area contributed by atoms with Crippen LogP contribution >= 0.6 is 11.8 Å². The van der Waals surface area contributed by atoms with Crippen molar-refractivity contribution in [1.29, 1.82) is 0 Å². The van der Waals surface area contributed by atoms with E-state index in [1.807, 2.05) is 44.2 Å². The van der Waals surface area contributed by atoms with E-state index in [9.17, 15) is 14.0 Å². The Morgan fingerprint density at radius 3 is 2.31 bits per heavy atom. The second-order valence-corrected chi connectivity index (χ2v) is 8.11. The number of carbonyl (C=O) groups is 2. The predicted octanol–water partition coefficient (Wildman–Crippen LogP) is 4.39.